The van der Waals surface area contributed by atoms with E-state index in [9.17, 15) is 4.79 Å². The highest BCUT2D eigenvalue weighted by Gasteiger charge is 2.24. The average Bonchev–Trinajstić information content (AvgIpc) is 1.78. The number of carbonyl (C=O) groups is 1. The average molecular weight is 170 g/mol. The number of hydrogen-bond donors (Lipinski definition) is 3. The second kappa shape index (κ2) is 3.55. The minimum atomic E-state index is -0.835. The molecule has 0 aromatic rings. The lowest BCUT2D eigenvalue weighted by Crippen LogP contribution is -2.56. The zero-order chi connectivity index (χ0) is 9.99. The third-order valence-electron chi connectivity index (χ3n) is 1.21. The zero-order valence-corrected chi connectivity index (χ0v) is 8.14. The molecule has 69 valence electrons. The van der Waals surface area contributed by atoms with Gasteiger partial charge in [-0.15, -0.1) is 0 Å². The predicted molar refractivity (Wildman–Crippen MR) is 50.4 cm³/mol. The SMILES string of the molecule is CC(C)(N)N[B]C(=O)C(C)(C)N. The largest absolute Gasteiger partial charge is 0.337 e. The van der Waals surface area contributed by atoms with Crippen molar-refractivity contribution >= 4 is 13.1 Å². The smallest absolute Gasteiger partial charge is 0.299 e. The second-order valence-electron chi connectivity index (χ2n) is 4.10. The maximum absolute atomic E-state index is 11.2. The van der Waals surface area contributed by atoms with E-state index in [4.69, 9.17) is 11.5 Å². The molecule has 12 heavy (non-hydrogen) atoms. The van der Waals surface area contributed by atoms with E-state index in [2.05, 4.69) is 5.23 Å². The molecule has 0 aliphatic carbocycles. The van der Waals surface area contributed by atoms with Gasteiger partial charge in [0.15, 0.2) is 0 Å². The van der Waals surface area contributed by atoms with E-state index in [-0.39, 0.29) is 5.68 Å². The van der Waals surface area contributed by atoms with Crippen molar-refractivity contribution in [3.05, 3.63) is 0 Å². The molecule has 0 amide bonds. The van der Waals surface area contributed by atoms with Gasteiger partial charge < -0.3 is 21.5 Å². The zero-order valence-electron chi connectivity index (χ0n) is 8.14. The Morgan fingerprint density at radius 1 is 1.25 bits per heavy atom. The van der Waals surface area contributed by atoms with E-state index in [0.717, 1.165) is 0 Å². The van der Waals surface area contributed by atoms with E-state index < -0.39 is 11.2 Å². The standard InChI is InChI=1S/C7H17BN3O/c1-6(2,9)5(12)8-11-7(3,4)10/h11H,9-10H2,1-4H3. The van der Waals surface area contributed by atoms with Gasteiger partial charge in [0.25, 0.3) is 7.41 Å². The first-order chi connectivity index (χ1) is 5.13. The molecule has 0 spiro atoms. The van der Waals surface area contributed by atoms with Crippen LogP contribution < -0.4 is 16.7 Å². The first kappa shape index (κ1) is 11.6. The lowest BCUT2D eigenvalue weighted by atomic mass is 9.75. The number of nitrogens with one attached hydrogen (secondary N) is 1. The van der Waals surface area contributed by atoms with Crippen molar-refractivity contribution in [2.45, 2.75) is 38.9 Å². The molecule has 5 N–H and O–H groups in total. The maximum atomic E-state index is 11.2. The summed E-state index contributed by atoms with van der Waals surface area (Å²) in [5.41, 5.74) is 9.56. The number of hydrogen-bond acceptors (Lipinski definition) is 4. The lowest BCUT2D eigenvalue weighted by molar-refractivity contribution is -0.115. The van der Waals surface area contributed by atoms with Crippen LogP contribution in [0.1, 0.15) is 27.7 Å². The maximum Gasteiger partial charge on any atom is 0.299 e. The molecule has 4 nitrogen and oxygen atoms in total. The Hall–Kier alpha value is -0.385. The molecule has 0 rings (SSSR count). The number of nitrogens with two attached hydrogens (primary N) is 2. The minimum Gasteiger partial charge on any atom is -0.337 e. The highest BCUT2D eigenvalue weighted by atomic mass is 16.1. The summed E-state index contributed by atoms with van der Waals surface area (Å²) in [6.07, 6.45) is 0. The van der Waals surface area contributed by atoms with Crippen molar-refractivity contribution in [3.8, 4) is 0 Å². The first-order valence-corrected chi connectivity index (χ1v) is 3.86. The van der Waals surface area contributed by atoms with Crippen molar-refractivity contribution in [1.29, 1.82) is 0 Å². The van der Waals surface area contributed by atoms with Gasteiger partial charge >= 0.3 is 0 Å². The van der Waals surface area contributed by atoms with Gasteiger partial charge in [-0.2, -0.15) is 0 Å². The van der Waals surface area contributed by atoms with Crippen LogP contribution in [0.15, 0.2) is 0 Å². The highest BCUT2D eigenvalue weighted by Crippen LogP contribution is 1.97. The molecule has 5 heteroatoms. The van der Waals surface area contributed by atoms with E-state index in [1.807, 2.05) is 0 Å². The molecule has 0 bridgehead atoms. The molecule has 0 aliphatic rings. The van der Waals surface area contributed by atoms with Gasteiger partial charge in [-0.05, 0) is 27.7 Å². The summed E-state index contributed by atoms with van der Waals surface area (Å²) in [5.74, 6) is 0. The van der Waals surface area contributed by atoms with Crippen LogP contribution in [0.5, 0.6) is 0 Å². The van der Waals surface area contributed by atoms with Crippen molar-refractivity contribution in [2.75, 3.05) is 0 Å². The molecule has 0 unspecified atom stereocenters. The van der Waals surface area contributed by atoms with Crippen LogP contribution in [0.25, 0.3) is 0 Å². The van der Waals surface area contributed by atoms with E-state index in [1.165, 1.54) is 7.41 Å². The topological polar surface area (TPSA) is 81.1 Å². The van der Waals surface area contributed by atoms with Crippen molar-refractivity contribution < 1.29 is 4.79 Å². The Morgan fingerprint density at radius 3 is 1.92 bits per heavy atom. The van der Waals surface area contributed by atoms with Crippen LogP contribution >= 0.6 is 0 Å². The van der Waals surface area contributed by atoms with Crippen LogP contribution in [0.4, 0.5) is 0 Å². The normalized spacial score (nSPS) is 12.8. The number of rotatable bonds is 4. The van der Waals surface area contributed by atoms with E-state index in [1.54, 1.807) is 27.7 Å². The lowest BCUT2D eigenvalue weighted by Gasteiger charge is -2.22. The molecular formula is C7H17BN3O. The Labute approximate surface area is 74.3 Å². The highest BCUT2D eigenvalue weighted by molar-refractivity contribution is 6.73. The Bertz CT molecular complexity index is 168. The van der Waals surface area contributed by atoms with Crippen LogP contribution in [-0.4, -0.2) is 24.3 Å². The Kier molecular flexibility index (Phi) is 3.44. The molecule has 0 aliphatic heterocycles. The third kappa shape index (κ3) is 5.29. The van der Waals surface area contributed by atoms with Gasteiger partial charge in [0.1, 0.15) is 5.68 Å². The van der Waals surface area contributed by atoms with Gasteiger partial charge in [-0.25, -0.2) is 0 Å². The fraction of sp³-hybridized carbons (Fsp3) is 0.857. The van der Waals surface area contributed by atoms with Gasteiger partial charge in [0, 0.05) is 0 Å². The minimum absolute atomic E-state index is 0.166. The van der Waals surface area contributed by atoms with Crippen LogP contribution in [-0.2, 0) is 4.79 Å². The fourth-order valence-corrected chi connectivity index (χ4v) is 0.438. The summed E-state index contributed by atoms with van der Waals surface area (Å²) >= 11 is 0. The van der Waals surface area contributed by atoms with Crippen molar-refractivity contribution in [2.24, 2.45) is 11.5 Å². The predicted octanol–water partition coefficient (Wildman–Crippen LogP) is -0.846. The molecule has 0 aromatic heterocycles. The van der Waals surface area contributed by atoms with Gasteiger partial charge in [0.2, 0.25) is 0 Å². The molecule has 0 aromatic carbocycles. The monoisotopic (exact) mass is 170 g/mol. The summed E-state index contributed by atoms with van der Waals surface area (Å²) in [5, 5.41) is 2.75. The van der Waals surface area contributed by atoms with Gasteiger partial charge in [-0.3, -0.25) is 0 Å². The van der Waals surface area contributed by atoms with E-state index in [0.29, 0.717) is 0 Å². The molecular weight excluding hydrogens is 153 g/mol. The van der Waals surface area contributed by atoms with Crippen molar-refractivity contribution in [1.82, 2.24) is 5.23 Å². The summed E-state index contributed by atoms with van der Waals surface area (Å²) in [7, 11) is 1.32. The van der Waals surface area contributed by atoms with Crippen LogP contribution in [0, 0.1) is 0 Å². The fourth-order valence-electron chi connectivity index (χ4n) is 0.438. The first-order valence-electron chi connectivity index (χ1n) is 3.86. The van der Waals surface area contributed by atoms with Crippen LogP contribution in [0.3, 0.4) is 0 Å². The summed E-state index contributed by atoms with van der Waals surface area (Å²) in [6, 6.07) is 0. The Balaban J connectivity index is 3.90. The van der Waals surface area contributed by atoms with E-state index >= 15 is 0 Å². The summed E-state index contributed by atoms with van der Waals surface area (Å²) < 4.78 is 0. The van der Waals surface area contributed by atoms with Gasteiger partial charge in [0.05, 0.1) is 11.2 Å². The third-order valence-corrected chi connectivity index (χ3v) is 1.21. The Morgan fingerprint density at radius 2 is 1.67 bits per heavy atom. The van der Waals surface area contributed by atoms with Crippen LogP contribution in [0.2, 0.25) is 0 Å². The molecule has 0 atom stereocenters. The number of carbonyl (C=O) groups excluding carboxylic acids is 1. The molecule has 0 fully saturated rings. The van der Waals surface area contributed by atoms with Crippen molar-refractivity contribution in [3.63, 3.8) is 0 Å². The van der Waals surface area contributed by atoms with Gasteiger partial charge in [-0.1, -0.05) is 0 Å². The molecule has 0 saturated carbocycles. The summed E-state index contributed by atoms with van der Waals surface area (Å²) in [4.78, 5) is 11.2. The summed E-state index contributed by atoms with van der Waals surface area (Å²) in [6.45, 7) is 6.83. The molecule has 0 saturated heterocycles. The molecule has 0 heterocycles. The molecule has 1 radical (unpaired) electrons. The quantitative estimate of drug-likeness (QED) is 0.379. The second-order valence-corrected chi connectivity index (χ2v) is 4.10.